The maximum Gasteiger partial charge on any atom is 0.211 e. The molecule has 2 atom stereocenters. The lowest BCUT2D eigenvalue weighted by Gasteiger charge is -2.13. The molecule has 3 rings (SSSR count). The molecule has 1 aliphatic heterocycles. The van der Waals surface area contributed by atoms with E-state index in [1.165, 1.54) is 40.3 Å². The SMILES string of the molecule is CC=CC(=O)SCCCC1CSC(c2cccc3ccccc23)S1. The molecule has 0 aliphatic carbocycles. The molecule has 0 aromatic heterocycles. The highest BCUT2D eigenvalue weighted by Gasteiger charge is 2.27. The van der Waals surface area contributed by atoms with Gasteiger partial charge in [-0.05, 0) is 42.2 Å². The highest BCUT2D eigenvalue weighted by atomic mass is 32.2. The van der Waals surface area contributed by atoms with Crippen molar-refractivity contribution in [3.63, 3.8) is 0 Å². The maximum absolute atomic E-state index is 11.5. The molecule has 0 radical (unpaired) electrons. The monoisotopic (exact) mass is 374 g/mol. The van der Waals surface area contributed by atoms with E-state index >= 15 is 0 Å². The quantitative estimate of drug-likeness (QED) is 0.435. The van der Waals surface area contributed by atoms with Crippen molar-refractivity contribution >= 4 is 51.2 Å². The highest BCUT2D eigenvalue weighted by Crippen LogP contribution is 2.51. The Morgan fingerprint density at radius 1 is 1.25 bits per heavy atom. The molecule has 1 saturated heterocycles. The van der Waals surface area contributed by atoms with E-state index in [0.717, 1.165) is 12.2 Å². The van der Waals surface area contributed by atoms with Crippen LogP contribution in [0, 0.1) is 0 Å². The minimum atomic E-state index is 0.180. The van der Waals surface area contributed by atoms with Crippen LogP contribution in [0.4, 0.5) is 0 Å². The topological polar surface area (TPSA) is 17.1 Å². The van der Waals surface area contributed by atoms with Gasteiger partial charge in [0, 0.05) is 16.8 Å². The molecule has 4 heteroatoms. The summed E-state index contributed by atoms with van der Waals surface area (Å²) in [5, 5.41) is 3.60. The lowest BCUT2D eigenvalue weighted by Crippen LogP contribution is -2.01. The zero-order valence-corrected chi connectivity index (χ0v) is 16.3. The fourth-order valence-corrected chi connectivity index (χ4v) is 7.15. The summed E-state index contributed by atoms with van der Waals surface area (Å²) in [6.45, 7) is 1.89. The normalized spacial score (nSPS) is 20.9. The number of hydrogen-bond acceptors (Lipinski definition) is 4. The third-order valence-electron chi connectivity index (χ3n) is 4.04. The second-order valence-electron chi connectivity index (χ2n) is 5.80. The molecular weight excluding hydrogens is 352 g/mol. The van der Waals surface area contributed by atoms with E-state index in [1.54, 1.807) is 6.08 Å². The van der Waals surface area contributed by atoms with Crippen molar-refractivity contribution < 1.29 is 4.79 Å². The number of carbonyl (C=O) groups is 1. The van der Waals surface area contributed by atoms with Gasteiger partial charge in [-0.3, -0.25) is 4.79 Å². The van der Waals surface area contributed by atoms with Gasteiger partial charge in [0.25, 0.3) is 0 Å². The van der Waals surface area contributed by atoms with Crippen LogP contribution in [-0.4, -0.2) is 21.9 Å². The molecule has 2 aromatic carbocycles. The van der Waals surface area contributed by atoms with Crippen molar-refractivity contribution in [2.24, 2.45) is 0 Å². The minimum absolute atomic E-state index is 0.180. The third-order valence-corrected chi connectivity index (χ3v) is 8.35. The van der Waals surface area contributed by atoms with Gasteiger partial charge in [0.1, 0.15) is 0 Å². The molecule has 0 saturated carbocycles. The lowest BCUT2D eigenvalue weighted by atomic mass is 10.1. The number of fused-ring (bicyclic) bond motifs is 1. The summed E-state index contributed by atoms with van der Waals surface area (Å²) in [6.07, 6.45) is 5.79. The van der Waals surface area contributed by atoms with Crippen LogP contribution in [0.15, 0.2) is 54.6 Å². The Kier molecular flexibility index (Phi) is 6.75. The van der Waals surface area contributed by atoms with E-state index < -0.39 is 0 Å². The van der Waals surface area contributed by atoms with Gasteiger partial charge in [-0.15, -0.1) is 23.5 Å². The molecule has 24 heavy (non-hydrogen) atoms. The van der Waals surface area contributed by atoms with E-state index in [9.17, 15) is 4.79 Å². The molecular formula is C20H22OS3. The van der Waals surface area contributed by atoms with Crippen molar-refractivity contribution in [1.82, 2.24) is 0 Å². The van der Waals surface area contributed by atoms with Gasteiger partial charge in [-0.25, -0.2) is 0 Å². The van der Waals surface area contributed by atoms with Crippen molar-refractivity contribution in [1.29, 1.82) is 0 Å². The van der Waals surface area contributed by atoms with E-state index in [2.05, 4.69) is 66.0 Å². The molecule has 1 heterocycles. The molecule has 0 bridgehead atoms. The largest absolute Gasteiger partial charge is 0.282 e. The zero-order chi connectivity index (χ0) is 16.8. The number of carbonyl (C=O) groups excluding carboxylic acids is 1. The molecule has 0 amide bonds. The Hall–Kier alpha value is -0.840. The van der Waals surface area contributed by atoms with Crippen molar-refractivity contribution in [2.75, 3.05) is 11.5 Å². The summed E-state index contributed by atoms with van der Waals surface area (Å²) >= 11 is 5.61. The minimum Gasteiger partial charge on any atom is -0.282 e. The van der Waals surface area contributed by atoms with Crippen LogP contribution in [0.5, 0.6) is 0 Å². The summed E-state index contributed by atoms with van der Waals surface area (Å²) in [5.74, 6) is 2.15. The average Bonchev–Trinajstić information content (AvgIpc) is 3.07. The van der Waals surface area contributed by atoms with Crippen LogP contribution in [0.3, 0.4) is 0 Å². The predicted molar refractivity (Wildman–Crippen MR) is 112 cm³/mol. The Morgan fingerprint density at radius 2 is 2.08 bits per heavy atom. The standard InChI is InChI=1S/C20H22OS3/c1-2-7-19(21)22-13-6-10-16-14-23-20(24-16)18-12-5-9-15-8-3-4-11-17(15)18/h2-5,7-9,11-12,16,20H,6,10,13-14H2,1H3. The fraction of sp³-hybridized carbons (Fsp3) is 0.350. The van der Waals surface area contributed by atoms with Gasteiger partial charge in [0.15, 0.2) is 0 Å². The summed E-state index contributed by atoms with van der Waals surface area (Å²) in [7, 11) is 0. The van der Waals surface area contributed by atoms with Crippen LogP contribution in [0.1, 0.15) is 29.9 Å². The Balaban J connectivity index is 1.53. The first-order valence-corrected chi connectivity index (χ1v) is 11.3. The summed E-state index contributed by atoms with van der Waals surface area (Å²) < 4.78 is 0.540. The Labute approximate surface area is 157 Å². The maximum atomic E-state index is 11.5. The number of hydrogen-bond donors (Lipinski definition) is 0. The van der Waals surface area contributed by atoms with Crippen molar-refractivity contribution in [3.8, 4) is 0 Å². The van der Waals surface area contributed by atoms with Gasteiger partial charge in [-0.1, -0.05) is 60.3 Å². The van der Waals surface area contributed by atoms with E-state index in [4.69, 9.17) is 0 Å². The summed E-state index contributed by atoms with van der Waals surface area (Å²) in [4.78, 5) is 11.5. The van der Waals surface area contributed by atoms with Crippen LogP contribution in [0.2, 0.25) is 0 Å². The summed E-state index contributed by atoms with van der Waals surface area (Å²) in [6, 6.07) is 15.3. The van der Waals surface area contributed by atoms with Gasteiger partial charge in [-0.2, -0.15) is 0 Å². The molecule has 126 valence electrons. The molecule has 0 spiro atoms. The van der Waals surface area contributed by atoms with E-state index in [0.29, 0.717) is 9.83 Å². The van der Waals surface area contributed by atoms with E-state index in [-0.39, 0.29) is 5.12 Å². The average molecular weight is 375 g/mol. The zero-order valence-electron chi connectivity index (χ0n) is 13.8. The molecule has 2 unspecified atom stereocenters. The first kappa shape index (κ1) is 18.0. The molecule has 1 aliphatic rings. The van der Waals surface area contributed by atoms with Crippen molar-refractivity contribution in [3.05, 3.63) is 60.2 Å². The number of rotatable bonds is 6. The van der Waals surface area contributed by atoms with Gasteiger partial charge in [0.2, 0.25) is 5.12 Å². The Morgan fingerprint density at radius 3 is 2.96 bits per heavy atom. The van der Waals surface area contributed by atoms with Crippen LogP contribution in [0.25, 0.3) is 10.8 Å². The highest BCUT2D eigenvalue weighted by molar-refractivity contribution is 8.19. The third kappa shape index (κ3) is 4.62. The first-order valence-electron chi connectivity index (χ1n) is 8.32. The molecule has 1 nitrogen and oxygen atoms in total. The van der Waals surface area contributed by atoms with Gasteiger partial charge >= 0.3 is 0 Å². The smallest absolute Gasteiger partial charge is 0.211 e. The van der Waals surface area contributed by atoms with Crippen LogP contribution >= 0.6 is 35.3 Å². The first-order chi connectivity index (χ1) is 11.8. The van der Waals surface area contributed by atoms with Crippen LogP contribution in [-0.2, 0) is 4.79 Å². The second-order valence-corrected chi connectivity index (χ2v) is 9.75. The van der Waals surface area contributed by atoms with E-state index in [1.807, 2.05) is 13.0 Å². The number of allylic oxidation sites excluding steroid dienone is 1. The lowest BCUT2D eigenvalue weighted by molar-refractivity contribution is -0.107. The Bertz CT molecular complexity index is 720. The van der Waals surface area contributed by atoms with Gasteiger partial charge in [0.05, 0.1) is 4.58 Å². The number of benzene rings is 2. The predicted octanol–water partition coefficient (Wildman–Crippen LogP) is 6.30. The fourth-order valence-electron chi connectivity index (χ4n) is 2.89. The van der Waals surface area contributed by atoms with Crippen LogP contribution < -0.4 is 0 Å². The molecule has 1 fully saturated rings. The van der Waals surface area contributed by atoms with Gasteiger partial charge < -0.3 is 0 Å². The van der Waals surface area contributed by atoms with Crippen molar-refractivity contribution in [2.45, 2.75) is 29.6 Å². The molecule has 0 N–H and O–H groups in total. The summed E-state index contributed by atoms with van der Waals surface area (Å²) in [5.41, 5.74) is 1.46. The second kappa shape index (κ2) is 9.02. The molecule has 2 aromatic rings. The number of thioether (sulfide) groups is 3.